The van der Waals surface area contributed by atoms with Crippen molar-refractivity contribution in [3.8, 4) is 5.69 Å². The summed E-state index contributed by atoms with van der Waals surface area (Å²) in [5, 5.41) is 16.2. The molecule has 3 fully saturated rings. The summed E-state index contributed by atoms with van der Waals surface area (Å²) in [6, 6.07) is 7.06. The number of thiol groups is 1. The van der Waals surface area contributed by atoms with Crippen molar-refractivity contribution >= 4 is 23.8 Å². The van der Waals surface area contributed by atoms with Gasteiger partial charge in [-0.05, 0) is 97.6 Å². The van der Waals surface area contributed by atoms with Crippen LogP contribution in [0.25, 0.3) is 11.8 Å². The third kappa shape index (κ3) is 3.88. The molecule has 0 radical (unpaired) electrons. The van der Waals surface area contributed by atoms with Gasteiger partial charge in [-0.2, -0.15) is 5.10 Å². The van der Waals surface area contributed by atoms with Crippen LogP contribution in [0.1, 0.15) is 63.0 Å². The second kappa shape index (κ2) is 9.38. The number of aliphatic hydroxyl groups is 1. The number of furan rings is 1. The number of rotatable bonds is 5. The van der Waals surface area contributed by atoms with Crippen molar-refractivity contribution in [3.05, 3.63) is 77.0 Å². The maximum absolute atomic E-state index is 14.0. The summed E-state index contributed by atoms with van der Waals surface area (Å²) in [5.74, 6) is -0.235. The number of allylic oxidation sites excluding steroid dienone is 1. The number of aliphatic hydroxyl groups excluding tert-OH is 1. The third-order valence-corrected chi connectivity index (χ3v) is 11.4. The van der Waals surface area contributed by atoms with Gasteiger partial charge in [-0.3, -0.25) is 4.79 Å². The molecule has 0 aliphatic heterocycles. The number of nitrogens with zero attached hydrogens (tertiary/aromatic N) is 2. The highest BCUT2D eigenvalue weighted by molar-refractivity contribution is 7.96. The minimum Gasteiger partial charge on any atom is -0.467 e. The van der Waals surface area contributed by atoms with Gasteiger partial charge in [0.2, 0.25) is 5.12 Å². The molecule has 0 amide bonds. The van der Waals surface area contributed by atoms with E-state index < -0.39 is 28.8 Å². The van der Waals surface area contributed by atoms with Crippen LogP contribution in [0.15, 0.2) is 52.8 Å². The lowest BCUT2D eigenvalue weighted by Gasteiger charge is -2.60. The number of ether oxygens (including phenoxy) is 1. The molecule has 0 spiro atoms. The Hall–Kier alpha value is -2.75. The molecular formula is C32H34F2N2O4S. The Morgan fingerprint density at radius 3 is 2.73 bits per heavy atom. The summed E-state index contributed by atoms with van der Waals surface area (Å²) in [7, 11) is 0. The Morgan fingerprint density at radius 2 is 2.02 bits per heavy atom. The van der Waals surface area contributed by atoms with E-state index in [1.54, 1.807) is 23.2 Å². The van der Waals surface area contributed by atoms with E-state index in [1.807, 2.05) is 6.07 Å². The molecule has 1 aromatic carbocycles. The van der Waals surface area contributed by atoms with E-state index in [0.29, 0.717) is 30.7 Å². The van der Waals surface area contributed by atoms with Gasteiger partial charge in [-0.1, -0.05) is 19.4 Å². The van der Waals surface area contributed by atoms with Gasteiger partial charge >= 0.3 is 0 Å². The molecule has 1 N–H and O–H groups in total. The summed E-state index contributed by atoms with van der Waals surface area (Å²) < 4.78 is 41.5. The van der Waals surface area contributed by atoms with Gasteiger partial charge in [0.25, 0.3) is 0 Å². The smallest absolute Gasteiger partial charge is 0.218 e. The number of hydrogen-bond acceptors (Lipinski definition) is 5. The van der Waals surface area contributed by atoms with Crippen LogP contribution in [0.5, 0.6) is 0 Å². The number of hydrogen-bond donors (Lipinski definition) is 2. The topological polar surface area (TPSA) is 77.5 Å². The van der Waals surface area contributed by atoms with Gasteiger partial charge in [0.15, 0.2) is 0 Å². The summed E-state index contributed by atoms with van der Waals surface area (Å²) in [4.78, 5) is 13.2. The predicted octanol–water partition coefficient (Wildman–Crippen LogP) is 6.31. The molecule has 216 valence electrons. The average Bonchev–Trinajstić information content (AvgIpc) is 3.63. The second-order valence-corrected chi connectivity index (χ2v) is 13.3. The molecule has 7 rings (SSSR count). The molecule has 6 nitrogen and oxygen atoms in total. The molecule has 0 saturated heterocycles. The predicted molar refractivity (Wildman–Crippen MR) is 151 cm³/mol. The average molecular weight is 581 g/mol. The fourth-order valence-corrected chi connectivity index (χ4v) is 9.71. The molecule has 9 heteroatoms. The molecule has 3 saturated carbocycles. The maximum atomic E-state index is 14.0. The first kappa shape index (κ1) is 27.1. The van der Waals surface area contributed by atoms with Crippen LogP contribution in [0, 0.1) is 40.2 Å². The summed E-state index contributed by atoms with van der Waals surface area (Å²) in [5.41, 5.74) is 1.44. The number of aromatic nitrogens is 2. The second-order valence-electron chi connectivity index (χ2n) is 12.9. The van der Waals surface area contributed by atoms with Crippen molar-refractivity contribution in [1.82, 2.24) is 9.78 Å². The zero-order valence-corrected chi connectivity index (χ0v) is 24.0. The zero-order chi connectivity index (χ0) is 28.7. The Balaban J connectivity index is 1.22. The van der Waals surface area contributed by atoms with Crippen molar-refractivity contribution < 1.29 is 27.8 Å². The first-order chi connectivity index (χ1) is 19.6. The Kier molecular flexibility index (Phi) is 6.20. The molecule has 0 unspecified atom stereocenters. The summed E-state index contributed by atoms with van der Waals surface area (Å²) >= 11 is 4.35. The van der Waals surface area contributed by atoms with Gasteiger partial charge in [-0.15, -0.1) is 12.6 Å². The lowest BCUT2D eigenvalue weighted by atomic mass is 9.45. The number of fused-ring (bicyclic) bond motifs is 6. The van der Waals surface area contributed by atoms with Crippen molar-refractivity contribution in [1.29, 1.82) is 0 Å². The van der Waals surface area contributed by atoms with E-state index >= 15 is 0 Å². The van der Waals surface area contributed by atoms with Crippen LogP contribution in [0.3, 0.4) is 0 Å². The number of halogens is 2. The SMILES string of the molecule is C[C@@]12Cc3cnn(-c4cc(F)cc(F)c4)c3C=C1CC[C@H]1[C@H]2[C@H](O)C[C@]2(C)[C@@H]1CC[C@@]2(OCc1ccco1)C(=O)S. The summed E-state index contributed by atoms with van der Waals surface area (Å²) in [6.07, 6.45) is 9.10. The zero-order valence-electron chi connectivity index (χ0n) is 23.1. The highest BCUT2D eigenvalue weighted by atomic mass is 32.1. The maximum Gasteiger partial charge on any atom is 0.218 e. The number of carbonyl (C=O) groups excluding carboxylic acids is 1. The quantitative estimate of drug-likeness (QED) is 0.346. The highest BCUT2D eigenvalue weighted by Gasteiger charge is 2.69. The van der Waals surface area contributed by atoms with Crippen LogP contribution >= 0.6 is 12.6 Å². The third-order valence-electron chi connectivity index (χ3n) is 11.0. The van der Waals surface area contributed by atoms with Crippen LogP contribution in [0.2, 0.25) is 0 Å². The lowest BCUT2D eigenvalue weighted by Crippen LogP contribution is -2.62. The van der Waals surface area contributed by atoms with E-state index in [0.717, 1.165) is 36.6 Å². The first-order valence-electron chi connectivity index (χ1n) is 14.4. The fraction of sp³-hybridized carbons (Fsp3) is 0.500. The Morgan fingerprint density at radius 1 is 1.24 bits per heavy atom. The molecule has 4 aliphatic carbocycles. The van der Waals surface area contributed by atoms with Gasteiger partial charge < -0.3 is 14.3 Å². The van der Waals surface area contributed by atoms with Crippen LogP contribution < -0.4 is 0 Å². The van der Waals surface area contributed by atoms with Crippen molar-refractivity contribution in [3.63, 3.8) is 0 Å². The molecule has 2 heterocycles. The minimum absolute atomic E-state index is 0.000387. The number of carbonyl (C=O) groups is 1. The van der Waals surface area contributed by atoms with Crippen molar-refractivity contribution in [2.75, 3.05) is 0 Å². The first-order valence-corrected chi connectivity index (χ1v) is 14.8. The molecule has 7 atom stereocenters. The van der Waals surface area contributed by atoms with Crippen LogP contribution in [0.4, 0.5) is 8.78 Å². The standard InChI is InChI=1S/C32H34F2N2O4S/c1-30-14-18-16-35-36(22-12-20(33)11-21(34)13-22)26(18)10-19(30)5-6-24-25-7-8-32(29(38)41,40-17-23-4-3-9-39-23)31(25,2)15-27(37)28(24)30/h3-4,9-13,16,24-25,27-28,37H,5-8,14-15,17H2,1-2H3,(H,38,41)/t24-,25-,27-,28+,30-,31-,32-/m1/s1. The van der Waals surface area contributed by atoms with Gasteiger partial charge in [0, 0.05) is 11.5 Å². The lowest BCUT2D eigenvalue weighted by molar-refractivity contribution is -0.192. The van der Waals surface area contributed by atoms with Gasteiger partial charge in [0.05, 0.1) is 29.9 Å². The molecule has 3 aromatic rings. The molecule has 4 aliphatic rings. The highest BCUT2D eigenvalue weighted by Crippen LogP contribution is 2.68. The van der Waals surface area contributed by atoms with E-state index in [-0.39, 0.29) is 34.9 Å². The van der Waals surface area contributed by atoms with Crippen LogP contribution in [-0.2, 0) is 22.6 Å². The largest absolute Gasteiger partial charge is 0.467 e. The molecule has 2 aromatic heterocycles. The monoisotopic (exact) mass is 580 g/mol. The Bertz CT molecular complexity index is 1530. The van der Waals surface area contributed by atoms with Crippen molar-refractivity contribution in [2.45, 2.75) is 70.7 Å². The van der Waals surface area contributed by atoms with E-state index in [4.69, 9.17) is 9.15 Å². The Labute approximate surface area is 243 Å². The molecule has 41 heavy (non-hydrogen) atoms. The fourth-order valence-electron chi connectivity index (χ4n) is 9.28. The molecular weight excluding hydrogens is 546 g/mol. The van der Waals surface area contributed by atoms with Crippen LogP contribution in [-0.4, -0.2) is 31.7 Å². The summed E-state index contributed by atoms with van der Waals surface area (Å²) in [6.45, 7) is 4.52. The van der Waals surface area contributed by atoms with E-state index in [2.05, 4.69) is 37.7 Å². The van der Waals surface area contributed by atoms with Gasteiger partial charge in [0.1, 0.15) is 29.6 Å². The minimum atomic E-state index is -1.10. The van der Waals surface area contributed by atoms with E-state index in [1.165, 1.54) is 17.7 Å². The number of benzene rings is 1. The van der Waals surface area contributed by atoms with Gasteiger partial charge in [-0.25, -0.2) is 13.5 Å². The van der Waals surface area contributed by atoms with E-state index in [9.17, 15) is 18.7 Å². The molecule has 0 bridgehead atoms. The van der Waals surface area contributed by atoms with Crippen molar-refractivity contribution in [2.24, 2.45) is 28.6 Å². The normalized spacial score (nSPS) is 35.7.